The molecule has 1 aliphatic rings. The summed E-state index contributed by atoms with van der Waals surface area (Å²) in [5, 5.41) is 4.69. The zero-order valence-electron chi connectivity index (χ0n) is 31.6. The van der Waals surface area contributed by atoms with Crippen molar-refractivity contribution in [2.75, 3.05) is 4.90 Å². The zero-order chi connectivity index (χ0) is 38.2. The van der Waals surface area contributed by atoms with Crippen LogP contribution in [-0.2, 0) is 5.41 Å². The second-order valence-corrected chi connectivity index (χ2v) is 15.3. The van der Waals surface area contributed by atoms with Gasteiger partial charge >= 0.3 is 0 Å². The third kappa shape index (κ3) is 4.68. The van der Waals surface area contributed by atoms with Gasteiger partial charge < -0.3 is 13.9 Å². The van der Waals surface area contributed by atoms with E-state index in [9.17, 15) is 0 Å². The summed E-state index contributed by atoms with van der Waals surface area (Å²) in [5.74, 6) is 0. The van der Waals surface area contributed by atoms with Gasteiger partial charge in [-0.2, -0.15) is 0 Å². The highest BCUT2D eigenvalue weighted by Crippen LogP contribution is 2.57. The van der Waals surface area contributed by atoms with E-state index in [4.69, 9.17) is 4.42 Å². The van der Waals surface area contributed by atoms with Gasteiger partial charge in [0.2, 0.25) is 0 Å². The average Bonchev–Trinajstić information content (AvgIpc) is 3.93. The van der Waals surface area contributed by atoms with Crippen LogP contribution in [0.5, 0.6) is 0 Å². The molecule has 11 aromatic rings. The van der Waals surface area contributed by atoms with Gasteiger partial charge in [-0.1, -0.05) is 152 Å². The first kappa shape index (κ1) is 32.6. The van der Waals surface area contributed by atoms with Crippen LogP contribution in [0.4, 0.5) is 17.1 Å². The Kier molecular flexibility index (Phi) is 7.14. The number of anilines is 3. The molecule has 12 rings (SSSR count). The zero-order valence-corrected chi connectivity index (χ0v) is 31.6. The lowest BCUT2D eigenvalue weighted by atomic mass is 9.68. The molecule has 3 nitrogen and oxygen atoms in total. The summed E-state index contributed by atoms with van der Waals surface area (Å²) in [6.07, 6.45) is 0. The van der Waals surface area contributed by atoms with Crippen molar-refractivity contribution in [2.24, 2.45) is 0 Å². The summed E-state index contributed by atoms with van der Waals surface area (Å²) in [5.41, 5.74) is 15.6. The Balaban J connectivity index is 1.11. The molecule has 0 bridgehead atoms. The van der Waals surface area contributed by atoms with E-state index < -0.39 is 5.41 Å². The number of hydrogen-bond donors (Lipinski definition) is 0. The SMILES string of the molecule is c1ccc(C2(c3ccccc3)c3ccccc3-c3cc(N(c4cccc(-n5c6ccccc6c6ccccc65)c4)c4ccc5oc6ccccc6c5c4)ccc32)cc1. The van der Waals surface area contributed by atoms with Gasteiger partial charge in [-0.3, -0.25) is 0 Å². The molecule has 0 unspecified atom stereocenters. The van der Waals surface area contributed by atoms with Crippen LogP contribution in [-0.4, -0.2) is 4.57 Å². The quantitative estimate of drug-likeness (QED) is 0.169. The number of nitrogens with zero attached hydrogens (tertiary/aromatic N) is 2. The molecule has 58 heavy (non-hydrogen) atoms. The summed E-state index contributed by atoms with van der Waals surface area (Å²) in [6.45, 7) is 0. The van der Waals surface area contributed by atoms with Gasteiger partial charge in [0, 0.05) is 44.3 Å². The number of rotatable bonds is 6. The molecule has 0 aliphatic heterocycles. The molecule has 0 amide bonds. The largest absolute Gasteiger partial charge is 0.456 e. The van der Waals surface area contributed by atoms with Crippen molar-refractivity contribution >= 4 is 60.8 Å². The molecule has 3 heteroatoms. The average molecular weight is 741 g/mol. The minimum Gasteiger partial charge on any atom is -0.456 e. The maximum Gasteiger partial charge on any atom is 0.135 e. The summed E-state index contributed by atoms with van der Waals surface area (Å²) in [7, 11) is 0. The molecule has 0 atom stereocenters. The molecule has 0 radical (unpaired) electrons. The van der Waals surface area contributed by atoms with E-state index >= 15 is 0 Å². The van der Waals surface area contributed by atoms with Crippen LogP contribution in [0.1, 0.15) is 22.3 Å². The second kappa shape index (κ2) is 12.7. The summed E-state index contributed by atoms with van der Waals surface area (Å²) >= 11 is 0. The van der Waals surface area contributed by atoms with Crippen molar-refractivity contribution in [2.45, 2.75) is 5.41 Å². The standard InChI is InChI=1S/C55H36N2O/c1-3-16-37(17-4-1)55(38-18-5-2-6-19-38)49-26-11-7-22-43(49)47-35-41(30-32-50(47)55)56(42-31-33-54-48(36-42)46-25-10-14-29-53(46)58-54)39-20-15-21-40(34-39)57-51-27-12-8-23-44(51)45-24-9-13-28-52(45)57/h1-36H. The van der Waals surface area contributed by atoms with Gasteiger partial charge in [-0.25, -0.2) is 0 Å². The monoisotopic (exact) mass is 740 g/mol. The third-order valence-corrected chi connectivity index (χ3v) is 12.2. The number of furan rings is 1. The highest BCUT2D eigenvalue weighted by Gasteiger charge is 2.46. The molecule has 2 heterocycles. The van der Waals surface area contributed by atoms with E-state index in [1.807, 2.05) is 12.1 Å². The van der Waals surface area contributed by atoms with Gasteiger partial charge in [0.05, 0.1) is 16.4 Å². The van der Waals surface area contributed by atoms with Crippen molar-refractivity contribution in [3.05, 3.63) is 241 Å². The van der Waals surface area contributed by atoms with Crippen LogP contribution in [0.25, 0.3) is 60.6 Å². The second-order valence-electron chi connectivity index (χ2n) is 15.3. The van der Waals surface area contributed by atoms with Crippen LogP contribution < -0.4 is 4.90 Å². The van der Waals surface area contributed by atoms with Crippen LogP contribution in [0, 0.1) is 0 Å². The topological polar surface area (TPSA) is 21.3 Å². The number of benzene rings is 9. The number of fused-ring (bicyclic) bond motifs is 9. The van der Waals surface area contributed by atoms with Crippen molar-refractivity contribution < 1.29 is 4.42 Å². The van der Waals surface area contributed by atoms with Crippen LogP contribution >= 0.6 is 0 Å². The van der Waals surface area contributed by atoms with Crippen LogP contribution in [0.15, 0.2) is 223 Å². The summed E-state index contributed by atoms with van der Waals surface area (Å²) in [4.78, 5) is 2.41. The smallest absolute Gasteiger partial charge is 0.135 e. The molecule has 0 saturated heterocycles. The molecule has 0 N–H and O–H groups in total. The van der Waals surface area contributed by atoms with Gasteiger partial charge in [0.15, 0.2) is 0 Å². The molecular weight excluding hydrogens is 705 g/mol. The van der Waals surface area contributed by atoms with E-state index in [0.717, 1.165) is 44.7 Å². The molecule has 272 valence electrons. The Labute approximate surface area is 336 Å². The highest BCUT2D eigenvalue weighted by atomic mass is 16.3. The minimum atomic E-state index is -0.469. The Morgan fingerprint density at radius 2 is 0.914 bits per heavy atom. The fraction of sp³-hybridized carbons (Fsp3) is 0.0182. The van der Waals surface area contributed by atoms with E-state index in [-0.39, 0.29) is 0 Å². The fourth-order valence-corrected chi connectivity index (χ4v) is 9.85. The van der Waals surface area contributed by atoms with Crippen molar-refractivity contribution in [3.8, 4) is 16.8 Å². The normalized spacial score (nSPS) is 13.0. The van der Waals surface area contributed by atoms with Crippen LogP contribution in [0.3, 0.4) is 0 Å². The van der Waals surface area contributed by atoms with E-state index in [1.165, 1.54) is 55.2 Å². The van der Waals surface area contributed by atoms with E-state index in [1.54, 1.807) is 0 Å². The Morgan fingerprint density at radius 3 is 1.66 bits per heavy atom. The van der Waals surface area contributed by atoms with Gasteiger partial charge in [-0.15, -0.1) is 0 Å². The molecule has 0 fully saturated rings. The van der Waals surface area contributed by atoms with Gasteiger partial charge in [0.25, 0.3) is 0 Å². The predicted octanol–water partition coefficient (Wildman–Crippen LogP) is 14.5. The summed E-state index contributed by atoms with van der Waals surface area (Å²) < 4.78 is 8.73. The number of para-hydroxylation sites is 3. The molecule has 0 spiro atoms. The Morgan fingerprint density at radius 1 is 0.362 bits per heavy atom. The molecule has 0 saturated carbocycles. The highest BCUT2D eigenvalue weighted by molar-refractivity contribution is 6.09. The van der Waals surface area contributed by atoms with Crippen molar-refractivity contribution in [3.63, 3.8) is 0 Å². The first-order valence-electron chi connectivity index (χ1n) is 19.9. The molecule has 1 aliphatic carbocycles. The fourth-order valence-electron chi connectivity index (χ4n) is 9.85. The number of hydrogen-bond acceptors (Lipinski definition) is 2. The Hall–Kier alpha value is -7.62. The third-order valence-electron chi connectivity index (χ3n) is 12.2. The van der Waals surface area contributed by atoms with Gasteiger partial charge in [0.1, 0.15) is 11.2 Å². The van der Waals surface area contributed by atoms with E-state index in [2.05, 4.69) is 216 Å². The summed E-state index contributed by atoms with van der Waals surface area (Å²) in [6, 6.07) is 79.4. The first-order chi connectivity index (χ1) is 28.8. The lowest BCUT2D eigenvalue weighted by molar-refractivity contribution is 0.669. The lowest BCUT2D eigenvalue weighted by Crippen LogP contribution is -2.28. The molecule has 2 aromatic heterocycles. The number of aromatic nitrogens is 1. The maximum absolute atomic E-state index is 6.33. The minimum absolute atomic E-state index is 0.469. The van der Waals surface area contributed by atoms with E-state index in [0.29, 0.717) is 0 Å². The van der Waals surface area contributed by atoms with Crippen molar-refractivity contribution in [1.82, 2.24) is 4.57 Å². The predicted molar refractivity (Wildman–Crippen MR) is 240 cm³/mol. The first-order valence-corrected chi connectivity index (χ1v) is 19.9. The Bertz CT molecular complexity index is 3260. The molecule has 9 aromatic carbocycles. The van der Waals surface area contributed by atoms with Gasteiger partial charge in [-0.05, 0) is 100 Å². The van der Waals surface area contributed by atoms with Crippen molar-refractivity contribution in [1.29, 1.82) is 0 Å². The van der Waals surface area contributed by atoms with Crippen LogP contribution in [0.2, 0.25) is 0 Å². The maximum atomic E-state index is 6.33. The lowest BCUT2D eigenvalue weighted by Gasteiger charge is -2.34. The molecular formula is C55H36N2O.